The molecule has 1 fully saturated rings. The fourth-order valence-electron chi connectivity index (χ4n) is 3.52. The Morgan fingerprint density at radius 3 is 2.65 bits per heavy atom. The van der Waals surface area contributed by atoms with E-state index in [4.69, 9.17) is 4.74 Å². The zero-order valence-corrected chi connectivity index (χ0v) is 14.7. The monoisotopic (exact) mass is 351 g/mol. The van der Waals surface area contributed by atoms with Crippen molar-refractivity contribution in [2.45, 2.75) is 6.42 Å². The zero-order valence-electron chi connectivity index (χ0n) is 14.7. The molecule has 0 saturated carbocycles. The molecule has 134 valence electrons. The number of nitrogens with zero attached hydrogens (tertiary/aromatic N) is 2. The second kappa shape index (κ2) is 6.71. The second-order valence-electron chi connectivity index (χ2n) is 6.58. The summed E-state index contributed by atoms with van der Waals surface area (Å²) in [5.41, 5.74) is 3.71. The summed E-state index contributed by atoms with van der Waals surface area (Å²) in [6, 6.07) is 13.3. The van der Waals surface area contributed by atoms with Crippen LogP contribution in [0.25, 0.3) is 0 Å². The van der Waals surface area contributed by atoms with Crippen LogP contribution in [-0.2, 0) is 11.2 Å². The Hall–Kier alpha value is -3.02. The molecule has 6 nitrogen and oxygen atoms in total. The summed E-state index contributed by atoms with van der Waals surface area (Å²) in [4.78, 5) is 28.4. The molecule has 0 aliphatic carbocycles. The van der Waals surface area contributed by atoms with E-state index in [0.29, 0.717) is 30.8 Å². The Labute approximate surface area is 152 Å². The molecule has 2 amide bonds. The molecule has 1 N–H and O–H groups in total. The van der Waals surface area contributed by atoms with Gasteiger partial charge in [-0.05, 0) is 42.0 Å². The molecule has 6 heteroatoms. The van der Waals surface area contributed by atoms with E-state index in [1.54, 1.807) is 13.2 Å². The number of carbonyl (C=O) groups is 2. The van der Waals surface area contributed by atoms with Gasteiger partial charge in [-0.2, -0.15) is 0 Å². The number of rotatable bonds is 3. The molecule has 2 aliphatic heterocycles. The lowest BCUT2D eigenvalue weighted by Crippen LogP contribution is -2.48. The Morgan fingerprint density at radius 2 is 1.88 bits per heavy atom. The van der Waals surface area contributed by atoms with Crippen molar-refractivity contribution in [2.24, 2.45) is 0 Å². The molecule has 2 heterocycles. The summed E-state index contributed by atoms with van der Waals surface area (Å²) in [5, 5.41) is 2.86. The molecule has 4 rings (SSSR count). The van der Waals surface area contributed by atoms with Gasteiger partial charge < -0.3 is 19.9 Å². The summed E-state index contributed by atoms with van der Waals surface area (Å²) in [6.45, 7) is 2.89. The van der Waals surface area contributed by atoms with Crippen molar-refractivity contribution in [2.75, 3.05) is 43.5 Å². The van der Waals surface area contributed by atoms with Crippen LogP contribution in [-0.4, -0.2) is 50.0 Å². The van der Waals surface area contributed by atoms with Gasteiger partial charge in [-0.25, -0.2) is 0 Å². The number of anilines is 2. The van der Waals surface area contributed by atoms with Gasteiger partial charge in [-0.15, -0.1) is 0 Å². The van der Waals surface area contributed by atoms with Crippen LogP contribution in [0.2, 0.25) is 0 Å². The summed E-state index contributed by atoms with van der Waals surface area (Å²) in [7, 11) is 1.60. The van der Waals surface area contributed by atoms with Gasteiger partial charge in [0.2, 0.25) is 5.91 Å². The third kappa shape index (κ3) is 3.10. The minimum Gasteiger partial charge on any atom is -0.497 e. The Bertz CT molecular complexity index is 857. The summed E-state index contributed by atoms with van der Waals surface area (Å²) >= 11 is 0. The van der Waals surface area contributed by atoms with Gasteiger partial charge in [0.05, 0.1) is 13.5 Å². The molecule has 0 radical (unpaired) electrons. The average Bonchev–Trinajstić information content (AvgIpc) is 3.06. The highest BCUT2D eigenvalue weighted by Crippen LogP contribution is 2.28. The van der Waals surface area contributed by atoms with Crippen LogP contribution < -0.4 is 15.0 Å². The van der Waals surface area contributed by atoms with Crippen LogP contribution in [0.4, 0.5) is 11.4 Å². The maximum absolute atomic E-state index is 12.7. The number of piperazine rings is 1. The highest BCUT2D eigenvalue weighted by atomic mass is 16.5. The smallest absolute Gasteiger partial charge is 0.254 e. The topological polar surface area (TPSA) is 61.9 Å². The number of fused-ring (bicyclic) bond motifs is 1. The lowest BCUT2D eigenvalue weighted by molar-refractivity contribution is -0.115. The van der Waals surface area contributed by atoms with Crippen molar-refractivity contribution < 1.29 is 14.3 Å². The fourth-order valence-corrected chi connectivity index (χ4v) is 3.52. The van der Waals surface area contributed by atoms with Crippen molar-refractivity contribution in [3.63, 3.8) is 0 Å². The van der Waals surface area contributed by atoms with Gasteiger partial charge in [0.1, 0.15) is 5.75 Å². The highest BCUT2D eigenvalue weighted by Gasteiger charge is 2.24. The molecule has 2 aliphatic rings. The molecule has 0 atom stereocenters. The molecule has 0 unspecified atom stereocenters. The number of ether oxygens (including phenoxy) is 1. The first-order valence-corrected chi connectivity index (χ1v) is 8.75. The van der Waals surface area contributed by atoms with Crippen molar-refractivity contribution in [3.05, 3.63) is 53.6 Å². The SMILES string of the molecule is COc1cccc(C(=O)N2CCN(c3ccc4c(c3)CC(=O)N4)CC2)c1. The van der Waals surface area contributed by atoms with Crippen molar-refractivity contribution >= 4 is 23.2 Å². The van der Waals surface area contributed by atoms with Crippen LogP contribution in [0.15, 0.2) is 42.5 Å². The maximum atomic E-state index is 12.7. The molecule has 0 spiro atoms. The van der Waals surface area contributed by atoms with Gasteiger partial charge in [-0.3, -0.25) is 9.59 Å². The Balaban J connectivity index is 1.42. The van der Waals surface area contributed by atoms with Crippen molar-refractivity contribution in [3.8, 4) is 5.75 Å². The van der Waals surface area contributed by atoms with E-state index in [9.17, 15) is 9.59 Å². The molecule has 2 aromatic rings. The first kappa shape index (κ1) is 16.4. The number of hydrogen-bond acceptors (Lipinski definition) is 4. The molecular weight excluding hydrogens is 330 g/mol. The van der Waals surface area contributed by atoms with Crippen LogP contribution in [0.1, 0.15) is 15.9 Å². The lowest BCUT2D eigenvalue weighted by atomic mass is 10.1. The van der Waals surface area contributed by atoms with E-state index in [0.717, 1.165) is 30.0 Å². The Kier molecular flexibility index (Phi) is 4.24. The van der Waals surface area contributed by atoms with Crippen LogP contribution in [0.5, 0.6) is 5.75 Å². The number of amides is 2. The average molecular weight is 351 g/mol. The predicted octanol–water partition coefficient (Wildman–Crippen LogP) is 2.15. The molecule has 0 aromatic heterocycles. The molecule has 26 heavy (non-hydrogen) atoms. The quantitative estimate of drug-likeness (QED) is 0.920. The van der Waals surface area contributed by atoms with E-state index >= 15 is 0 Å². The minimum absolute atomic E-state index is 0.0345. The van der Waals surface area contributed by atoms with Crippen molar-refractivity contribution in [1.82, 2.24) is 4.90 Å². The number of carbonyl (C=O) groups excluding carboxylic acids is 2. The molecule has 0 bridgehead atoms. The van der Waals surface area contributed by atoms with Crippen LogP contribution in [0.3, 0.4) is 0 Å². The van der Waals surface area contributed by atoms with Crippen molar-refractivity contribution in [1.29, 1.82) is 0 Å². The van der Waals surface area contributed by atoms with Crippen LogP contribution >= 0.6 is 0 Å². The second-order valence-corrected chi connectivity index (χ2v) is 6.58. The number of benzene rings is 2. The first-order chi connectivity index (χ1) is 12.6. The number of hydrogen-bond donors (Lipinski definition) is 1. The van der Waals surface area contributed by atoms with E-state index in [1.807, 2.05) is 35.2 Å². The zero-order chi connectivity index (χ0) is 18.1. The van der Waals surface area contributed by atoms with Gasteiger partial charge >= 0.3 is 0 Å². The highest BCUT2D eigenvalue weighted by molar-refractivity contribution is 5.99. The predicted molar refractivity (Wildman–Crippen MR) is 99.9 cm³/mol. The Morgan fingerprint density at radius 1 is 1.08 bits per heavy atom. The minimum atomic E-state index is 0.0345. The van der Waals surface area contributed by atoms with Crippen LogP contribution in [0, 0.1) is 0 Å². The number of methoxy groups -OCH3 is 1. The molecular formula is C20H21N3O3. The third-order valence-corrected chi connectivity index (χ3v) is 4.96. The van der Waals surface area contributed by atoms with E-state index in [1.165, 1.54) is 0 Å². The molecule has 2 aromatic carbocycles. The van der Waals surface area contributed by atoms with E-state index in [2.05, 4.69) is 16.3 Å². The maximum Gasteiger partial charge on any atom is 0.254 e. The fraction of sp³-hybridized carbons (Fsp3) is 0.300. The largest absolute Gasteiger partial charge is 0.497 e. The first-order valence-electron chi connectivity index (χ1n) is 8.75. The molecule has 1 saturated heterocycles. The lowest BCUT2D eigenvalue weighted by Gasteiger charge is -2.36. The normalized spacial score (nSPS) is 16.3. The summed E-state index contributed by atoms with van der Waals surface area (Å²) in [6.07, 6.45) is 0.442. The van der Waals surface area contributed by atoms with Gasteiger partial charge in [-0.1, -0.05) is 6.07 Å². The third-order valence-electron chi connectivity index (χ3n) is 4.96. The summed E-state index contributed by atoms with van der Waals surface area (Å²) in [5.74, 6) is 0.772. The number of nitrogens with one attached hydrogen (secondary N) is 1. The summed E-state index contributed by atoms with van der Waals surface area (Å²) < 4.78 is 5.20. The standard InChI is InChI=1S/C20H21N3O3/c1-26-17-4-2-3-14(12-17)20(25)23-9-7-22(8-10-23)16-5-6-18-15(11-16)13-19(24)21-18/h2-6,11-12H,7-10,13H2,1H3,(H,21,24). The van der Waals surface area contributed by atoms with E-state index in [-0.39, 0.29) is 11.8 Å². The van der Waals surface area contributed by atoms with E-state index < -0.39 is 0 Å². The van der Waals surface area contributed by atoms with Gasteiger partial charge in [0, 0.05) is 43.1 Å². The van der Waals surface area contributed by atoms with Gasteiger partial charge in [0.25, 0.3) is 5.91 Å². The van der Waals surface area contributed by atoms with Gasteiger partial charge in [0.15, 0.2) is 0 Å².